The molecule has 0 atom stereocenters. The second-order valence-electron chi connectivity index (χ2n) is 5.12. The van der Waals surface area contributed by atoms with E-state index in [1.54, 1.807) is 25.1 Å². The number of rotatable bonds is 2. The monoisotopic (exact) mass is 361 g/mol. The van der Waals surface area contributed by atoms with Crippen LogP contribution in [0.4, 0.5) is 0 Å². The summed E-state index contributed by atoms with van der Waals surface area (Å²) in [6.07, 6.45) is 1.50. The lowest BCUT2D eigenvalue weighted by Crippen LogP contribution is -2.14. The molecule has 0 aliphatic rings. The lowest BCUT2D eigenvalue weighted by Gasteiger charge is -2.05. The zero-order chi connectivity index (χ0) is 16.8. The number of aromatic amines is 1. The molecule has 0 bridgehead atoms. The average Bonchev–Trinajstić information content (AvgIpc) is 3.16. The summed E-state index contributed by atoms with van der Waals surface area (Å²) in [5, 5.41) is 8.66. The van der Waals surface area contributed by atoms with Crippen LogP contribution >= 0.6 is 23.2 Å². The number of H-pyrrole nitrogens is 1. The van der Waals surface area contributed by atoms with Gasteiger partial charge in [-0.15, -0.1) is 0 Å². The van der Waals surface area contributed by atoms with Crippen molar-refractivity contribution < 1.29 is 4.52 Å². The fraction of sp³-hybridized carbons (Fsp3) is 0.0667. The van der Waals surface area contributed by atoms with E-state index in [1.807, 2.05) is 0 Å². The Morgan fingerprint density at radius 1 is 1.21 bits per heavy atom. The molecule has 0 aliphatic carbocycles. The number of nitrogens with one attached hydrogen (secondary N) is 1. The number of nitrogens with zero attached hydrogens (tertiary/aromatic N) is 4. The Kier molecular flexibility index (Phi) is 3.40. The van der Waals surface area contributed by atoms with E-state index < -0.39 is 0 Å². The maximum Gasteiger partial charge on any atom is 0.274 e. The number of fused-ring (bicyclic) bond motifs is 1. The second-order valence-corrected chi connectivity index (χ2v) is 5.93. The van der Waals surface area contributed by atoms with Crippen LogP contribution in [-0.4, -0.2) is 24.7 Å². The third kappa shape index (κ3) is 2.38. The van der Waals surface area contributed by atoms with Crippen LogP contribution in [0.1, 0.15) is 5.82 Å². The summed E-state index contributed by atoms with van der Waals surface area (Å²) in [7, 11) is 0. The summed E-state index contributed by atoms with van der Waals surface area (Å²) in [6, 6.07) is 6.55. The van der Waals surface area contributed by atoms with Gasteiger partial charge in [-0.25, -0.2) is 0 Å². The summed E-state index contributed by atoms with van der Waals surface area (Å²) < 4.78 is 6.39. The van der Waals surface area contributed by atoms with Crippen molar-refractivity contribution in [2.75, 3.05) is 0 Å². The number of aromatic nitrogens is 5. The summed E-state index contributed by atoms with van der Waals surface area (Å²) in [4.78, 5) is 19.7. The highest BCUT2D eigenvalue weighted by molar-refractivity contribution is 6.42. The molecule has 0 saturated carbocycles. The molecular weight excluding hydrogens is 353 g/mol. The van der Waals surface area contributed by atoms with Crippen molar-refractivity contribution in [3.63, 3.8) is 0 Å². The Balaban J connectivity index is 1.95. The highest BCUT2D eigenvalue weighted by Gasteiger charge is 2.16. The first-order chi connectivity index (χ1) is 11.5. The Morgan fingerprint density at radius 2 is 2.04 bits per heavy atom. The molecule has 1 aromatic carbocycles. The van der Waals surface area contributed by atoms with Crippen molar-refractivity contribution in [2.45, 2.75) is 6.92 Å². The molecule has 4 rings (SSSR count). The summed E-state index contributed by atoms with van der Waals surface area (Å²) >= 11 is 12.0. The van der Waals surface area contributed by atoms with Gasteiger partial charge >= 0.3 is 0 Å². The van der Waals surface area contributed by atoms with E-state index in [1.165, 1.54) is 16.8 Å². The van der Waals surface area contributed by atoms with Gasteiger partial charge in [0.05, 0.1) is 21.9 Å². The Hall–Kier alpha value is -2.64. The van der Waals surface area contributed by atoms with Crippen LogP contribution in [0.5, 0.6) is 0 Å². The van der Waals surface area contributed by atoms with Crippen molar-refractivity contribution in [1.29, 1.82) is 0 Å². The first-order valence-electron chi connectivity index (χ1n) is 6.90. The van der Waals surface area contributed by atoms with Gasteiger partial charge in [0.1, 0.15) is 5.56 Å². The predicted molar refractivity (Wildman–Crippen MR) is 89.3 cm³/mol. The van der Waals surface area contributed by atoms with Gasteiger partial charge in [0.15, 0.2) is 11.5 Å². The van der Waals surface area contributed by atoms with E-state index >= 15 is 0 Å². The first-order valence-corrected chi connectivity index (χ1v) is 7.66. The van der Waals surface area contributed by atoms with Crippen molar-refractivity contribution in [3.05, 3.63) is 56.7 Å². The molecule has 3 heterocycles. The first kappa shape index (κ1) is 14.9. The van der Waals surface area contributed by atoms with Crippen molar-refractivity contribution in [2.24, 2.45) is 0 Å². The standard InChI is InChI=1S/C15H9Cl2N5O2/c1-7-19-15(24-21-7)9-6-18-22-13(23)5-12(20-14(9)22)8-2-3-10(16)11(17)4-8/h2-6,20H,1H3. The van der Waals surface area contributed by atoms with Gasteiger partial charge in [-0.1, -0.05) is 34.4 Å². The summed E-state index contributed by atoms with van der Waals surface area (Å²) in [6.45, 7) is 1.71. The summed E-state index contributed by atoms with van der Waals surface area (Å²) in [5.74, 6) is 0.775. The van der Waals surface area contributed by atoms with E-state index in [4.69, 9.17) is 27.7 Å². The van der Waals surface area contributed by atoms with Crippen molar-refractivity contribution >= 4 is 28.8 Å². The van der Waals surface area contributed by atoms with Gasteiger partial charge in [-0.05, 0) is 24.6 Å². The Labute approximate surface area is 144 Å². The quantitative estimate of drug-likeness (QED) is 0.591. The van der Waals surface area contributed by atoms with E-state index in [0.717, 1.165) is 5.56 Å². The molecule has 3 aromatic heterocycles. The van der Waals surface area contributed by atoms with E-state index in [9.17, 15) is 4.79 Å². The molecular formula is C15H9Cl2N5O2. The van der Waals surface area contributed by atoms with Crippen molar-refractivity contribution in [3.8, 4) is 22.7 Å². The molecule has 0 fully saturated rings. The minimum Gasteiger partial charge on any atom is -0.339 e. The normalized spacial score (nSPS) is 11.3. The SMILES string of the molecule is Cc1noc(-c2cnn3c(=O)cc(-c4ccc(Cl)c(Cl)c4)[nH]c23)n1. The lowest BCUT2D eigenvalue weighted by atomic mass is 10.1. The zero-order valence-electron chi connectivity index (χ0n) is 12.2. The molecule has 1 N–H and O–H groups in total. The molecule has 0 unspecified atom stereocenters. The number of hydrogen-bond acceptors (Lipinski definition) is 5. The Morgan fingerprint density at radius 3 is 2.75 bits per heavy atom. The fourth-order valence-electron chi connectivity index (χ4n) is 2.37. The molecule has 0 radical (unpaired) electrons. The Bertz CT molecular complexity index is 1130. The second kappa shape index (κ2) is 5.47. The van der Waals surface area contributed by atoms with Gasteiger partial charge in [0, 0.05) is 6.07 Å². The van der Waals surface area contributed by atoms with E-state index in [0.29, 0.717) is 32.8 Å². The number of aryl methyl sites for hydroxylation is 1. The minimum absolute atomic E-state index is 0.282. The van der Waals surface area contributed by atoms with Crippen LogP contribution in [0.15, 0.2) is 39.8 Å². The number of benzene rings is 1. The number of halogens is 2. The molecule has 9 heteroatoms. The van der Waals surface area contributed by atoms with Crippen LogP contribution in [0.25, 0.3) is 28.4 Å². The molecule has 24 heavy (non-hydrogen) atoms. The third-order valence-electron chi connectivity index (χ3n) is 3.49. The molecule has 0 spiro atoms. The largest absolute Gasteiger partial charge is 0.339 e. The highest BCUT2D eigenvalue weighted by atomic mass is 35.5. The maximum atomic E-state index is 12.3. The molecule has 0 amide bonds. The lowest BCUT2D eigenvalue weighted by molar-refractivity contribution is 0.426. The third-order valence-corrected chi connectivity index (χ3v) is 4.23. The smallest absolute Gasteiger partial charge is 0.274 e. The van der Waals surface area contributed by atoms with Crippen LogP contribution < -0.4 is 5.56 Å². The van der Waals surface area contributed by atoms with Crippen LogP contribution in [0, 0.1) is 6.92 Å². The van der Waals surface area contributed by atoms with Crippen molar-refractivity contribution in [1.82, 2.24) is 24.7 Å². The summed E-state index contributed by atoms with van der Waals surface area (Å²) in [5.41, 5.74) is 1.98. The molecule has 120 valence electrons. The average molecular weight is 362 g/mol. The van der Waals surface area contributed by atoms with Gasteiger partial charge in [0.25, 0.3) is 11.4 Å². The van der Waals surface area contributed by atoms with E-state index in [2.05, 4.69) is 20.2 Å². The molecule has 7 nitrogen and oxygen atoms in total. The van der Waals surface area contributed by atoms with Gasteiger partial charge in [0.2, 0.25) is 0 Å². The van der Waals surface area contributed by atoms with Gasteiger partial charge < -0.3 is 9.51 Å². The zero-order valence-corrected chi connectivity index (χ0v) is 13.8. The van der Waals surface area contributed by atoms with E-state index in [-0.39, 0.29) is 11.4 Å². The van der Waals surface area contributed by atoms with Gasteiger partial charge in [-0.2, -0.15) is 14.6 Å². The van der Waals surface area contributed by atoms with Crippen LogP contribution in [-0.2, 0) is 0 Å². The molecule has 0 saturated heterocycles. The predicted octanol–water partition coefficient (Wildman–Crippen LogP) is 3.35. The van der Waals surface area contributed by atoms with Gasteiger partial charge in [-0.3, -0.25) is 4.79 Å². The molecule has 0 aliphatic heterocycles. The maximum absolute atomic E-state index is 12.3. The number of hydrogen-bond donors (Lipinski definition) is 1. The topological polar surface area (TPSA) is 89.1 Å². The minimum atomic E-state index is -0.299. The highest BCUT2D eigenvalue weighted by Crippen LogP contribution is 2.28. The fourth-order valence-corrected chi connectivity index (χ4v) is 2.66. The van der Waals surface area contributed by atoms with Crippen LogP contribution in [0.3, 0.4) is 0 Å². The van der Waals surface area contributed by atoms with Crippen LogP contribution in [0.2, 0.25) is 10.0 Å². The molecule has 4 aromatic rings.